The molecule has 0 saturated heterocycles. The van der Waals surface area contributed by atoms with Crippen molar-refractivity contribution in [3.8, 4) is 5.75 Å². The number of halogens is 2. The molecule has 0 fully saturated rings. The van der Waals surface area contributed by atoms with Crippen LogP contribution in [-0.4, -0.2) is 13.0 Å². The summed E-state index contributed by atoms with van der Waals surface area (Å²) in [6.07, 6.45) is 1.76. The second kappa shape index (κ2) is 7.30. The first-order valence-electron chi connectivity index (χ1n) is 6.64. The third-order valence-electron chi connectivity index (χ3n) is 3.34. The highest BCUT2D eigenvalue weighted by molar-refractivity contribution is 6.18. The highest BCUT2D eigenvalue weighted by Crippen LogP contribution is 2.19. The Labute approximate surface area is 124 Å². The second-order valence-corrected chi connectivity index (χ2v) is 5.21. The molecule has 0 radical (unpaired) electrons. The van der Waals surface area contributed by atoms with E-state index in [0.717, 1.165) is 24.2 Å². The summed E-state index contributed by atoms with van der Waals surface area (Å²) in [4.78, 5) is 0. The Morgan fingerprint density at radius 1 is 0.950 bits per heavy atom. The predicted molar refractivity (Wildman–Crippen MR) is 81.0 cm³/mol. The van der Waals surface area contributed by atoms with Crippen LogP contribution in [0, 0.1) is 11.7 Å². The minimum absolute atomic E-state index is 0.202. The first-order chi connectivity index (χ1) is 9.71. The van der Waals surface area contributed by atoms with E-state index in [1.165, 1.54) is 17.7 Å². The van der Waals surface area contributed by atoms with Crippen molar-refractivity contribution in [1.29, 1.82) is 0 Å². The zero-order valence-electron chi connectivity index (χ0n) is 11.5. The van der Waals surface area contributed by atoms with E-state index in [4.69, 9.17) is 16.3 Å². The molecule has 0 aliphatic rings. The molecule has 0 aliphatic carbocycles. The van der Waals surface area contributed by atoms with Crippen LogP contribution in [0.15, 0.2) is 48.5 Å². The van der Waals surface area contributed by atoms with E-state index in [-0.39, 0.29) is 5.82 Å². The number of alkyl halides is 1. The van der Waals surface area contributed by atoms with Gasteiger partial charge in [0.05, 0.1) is 7.11 Å². The SMILES string of the molecule is COc1ccc(CC(CCl)Cc2ccc(F)cc2)cc1. The van der Waals surface area contributed by atoms with Crippen molar-refractivity contribution >= 4 is 11.6 Å². The highest BCUT2D eigenvalue weighted by Gasteiger charge is 2.10. The lowest BCUT2D eigenvalue weighted by Gasteiger charge is -2.14. The molecule has 1 atom stereocenters. The van der Waals surface area contributed by atoms with E-state index >= 15 is 0 Å². The van der Waals surface area contributed by atoms with Gasteiger partial charge >= 0.3 is 0 Å². The van der Waals surface area contributed by atoms with Gasteiger partial charge in [-0.2, -0.15) is 0 Å². The lowest BCUT2D eigenvalue weighted by atomic mass is 9.94. The number of hydrogen-bond acceptors (Lipinski definition) is 1. The molecule has 2 rings (SSSR count). The molecular formula is C17H18ClFO. The van der Waals surface area contributed by atoms with Gasteiger partial charge in [-0.25, -0.2) is 4.39 Å². The zero-order chi connectivity index (χ0) is 14.4. The molecule has 2 aromatic rings. The number of rotatable bonds is 6. The van der Waals surface area contributed by atoms with Gasteiger partial charge in [-0.05, 0) is 54.2 Å². The quantitative estimate of drug-likeness (QED) is 0.714. The van der Waals surface area contributed by atoms with E-state index in [1.54, 1.807) is 7.11 Å². The van der Waals surface area contributed by atoms with Gasteiger partial charge in [0.2, 0.25) is 0 Å². The largest absolute Gasteiger partial charge is 0.497 e. The molecule has 106 valence electrons. The Hall–Kier alpha value is -1.54. The first-order valence-corrected chi connectivity index (χ1v) is 7.18. The zero-order valence-corrected chi connectivity index (χ0v) is 12.2. The summed E-state index contributed by atoms with van der Waals surface area (Å²) < 4.78 is 18.0. The molecule has 0 heterocycles. The van der Waals surface area contributed by atoms with Crippen LogP contribution < -0.4 is 4.74 Å². The maximum atomic E-state index is 12.9. The summed E-state index contributed by atoms with van der Waals surface area (Å²) in [6, 6.07) is 14.7. The molecule has 1 unspecified atom stereocenters. The van der Waals surface area contributed by atoms with Gasteiger partial charge in [0.1, 0.15) is 11.6 Å². The summed E-state index contributed by atoms with van der Waals surface area (Å²) in [5.74, 6) is 1.58. The first kappa shape index (κ1) is 14.9. The molecule has 0 aliphatic heterocycles. The standard InChI is InChI=1S/C17H18ClFO/c1-20-17-8-4-14(5-9-17)11-15(12-18)10-13-2-6-16(19)7-3-13/h2-9,15H,10-12H2,1H3. The molecule has 2 aromatic carbocycles. The number of benzene rings is 2. The van der Waals surface area contributed by atoms with Crippen LogP contribution in [0.4, 0.5) is 4.39 Å². The van der Waals surface area contributed by atoms with Crippen molar-refractivity contribution in [3.05, 3.63) is 65.5 Å². The fourth-order valence-electron chi connectivity index (χ4n) is 2.23. The lowest BCUT2D eigenvalue weighted by Crippen LogP contribution is -2.10. The molecule has 0 amide bonds. The van der Waals surface area contributed by atoms with Crippen molar-refractivity contribution in [2.75, 3.05) is 13.0 Å². The maximum absolute atomic E-state index is 12.9. The summed E-state index contributed by atoms with van der Waals surface area (Å²) in [7, 11) is 1.66. The average Bonchev–Trinajstić information content (AvgIpc) is 2.49. The van der Waals surface area contributed by atoms with Crippen LogP contribution in [0.1, 0.15) is 11.1 Å². The molecule has 0 aromatic heterocycles. The molecular weight excluding hydrogens is 275 g/mol. The average molecular weight is 293 g/mol. The Balaban J connectivity index is 1.99. The van der Waals surface area contributed by atoms with Crippen molar-refractivity contribution in [3.63, 3.8) is 0 Å². The van der Waals surface area contributed by atoms with Gasteiger partial charge < -0.3 is 4.74 Å². The van der Waals surface area contributed by atoms with Gasteiger partial charge in [0.15, 0.2) is 0 Å². The fourth-order valence-corrected chi connectivity index (χ4v) is 2.45. The van der Waals surface area contributed by atoms with E-state index < -0.39 is 0 Å². The predicted octanol–water partition coefficient (Wildman–Crippen LogP) is 4.47. The van der Waals surface area contributed by atoms with Crippen LogP contribution in [-0.2, 0) is 12.8 Å². The van der Waals surface area contributed by atoms with E-state index in [1.807, 2.05) is 24.3 Å². The smallest absolute Gasteiger partial charge is 0.123 e. The summed E-state index contributed by atoms with van der Waals surface area (Å²) >= 11 is 6.06. The number of methoxy groups -OCH3 is 1. The van der Waals surface area contributed by atoms with Crippen LogP contribution in [0.3, 0.4) is 0 Å². The van der Waals surface area contributed by atoms with Gasteiger partial charge in [-0.15, -0.1) is 11.6 Å². The summed E-state index contributed by atoms with van der Waals surface area (Å²) in [6.45, 7) is 0. The van der Waals surface area contributed by atoms with Crippen molar-refractivity contribution < 1.29 is 9.13 Å². The monoisotopic (exact) mass is 292 g/mol. The van der Waals surface area contributed by atoms with Crippen molar-refractivity contribution in [1.82, 2.24) is 0 Å². The summed E-state index contributed by atoms with van der Waals surface area (Å²) in [5, 5.41) is 0. The van der Waals surface area contributed by atoms with Crippen LogP contribution >= 0.6 is 11.6 Å². The molecule has 3 heteroatoms. The van der Waals surface area contributed by atoms with Gasteiger partial charge in [-0.1, -0.05) is 24.3 Å². The molecule has 1 nitrogen and oxygen atoms in total. The van der Waals surface area contributed by atoms with E-state index in [9.17, 15) is 4.39 Å². The van der Waals surface area contributed by atoms with Crippen LogP contribution in [0.2, 0.25) is 0 Å². The van der Waals surface area contributed by atoms with Gasteiger partial charge in [-0.3, -0.25) is 0 Å². The second-order valence-electron chi connectivity index (χ2n) is 4.90. The van der Waals surface area contributed by atoms with E-state index in [0.29, 0.717) is 11.8 Å². The molecule has 0 bridgehead atoms. The Morgan fingerprint density at radius 3 is 1.90 bits per heavy atom. The van der Waals surface area contributed by atoms with Crippen molar-refractivity contribution in [2.45, 2.75) is 12.8 Å². The molecule has 0 N–H and O–H groups in total. The third-order valence-corrected chi connectivity index (χ3v) is 3.78. The minimum atomic E-state index is -0.202. The minimum Gasteiger partial charge on any atom is -0.497 e. The molecule has 20 heavy (non-hydrogen) atoms. The van der Waals surface area contributed by atoms with E-state index in [2.05, 4.69) is 12.1 Å². The Kier molecular flexibility index (Phi) is 5.42. The van der Waals surface area contributed by atoms with Crippen LogP contribution in [0.25, 0.3) is 0 Å². The molecule has 0 saturated carbocycles. The fraction of sp³-hybridized carbons (Fsp3) is 0.294. The number of hydrogen-bond donors (Lipinski definition) is 0. The normalized spacial score (nSPS) is 12.2. The van der Waals surface area contributed by atoms with Gasteiger partial charge in [0.25, 0.3) is 0 Å². The van der Waals surface area contributed by atoms with Crippen LogP contribution in [0.5, 0.6) is 5.75 Å². The maximum Gasteiger partial charge on any atom is 0.123 e. The topological polar surface area (TPSA) is 9.23 Å². The van der Waals surface area contributed by atoms with Crippen molar-refractivity contribution in [2.24, 2.45) is 5.92 Å². The Morgan fingerprint density at radius 2 is 1.45 bits per heavy atom. The summed E-state index contributed by atoms with van der Waals surface area (Å²) in [5.41, 5.74) is 2.35. The lowest BCUT2D eigenvalue weighted by molar-refractivity contribution is 0.414. The third kappa shape index (κ3) is 4.24. The number of ether oxygens (including phenoxy) is 1. The molecule has 0 spiro atoms. The van der Waals surface area contributed by atoms with Gasteiger partial charge in [0, 0.05) is 5.88 Å². The Bertz CT molecular complexity index is 522. The highest BCUT2D eigenvalue weighted by atomic mass is 35.5.